The summed E-state index contributed by atoms with van der Waals surface area (Å²) in [6.45, 7) is 8.44. The molecule has 0 spiro atoms. The van der Waals surface area contributed by atoms with Crippen molar-refractivity contribution in [1.29, 1.82) is 0 Å². The Morgan fingerprint density at radius 1 is 0.912 bits per heavy atom. The van der Waals surface area contributed by atoms with Crippen LogP contribution in [0.25, 0.3) is 0 Å². The molecule has 1 N–H and O–H groups in total. The highest BCUT2D eigenvalue weighted by molar-refractivity contribution is 7.92. The first-order valence-corrected chi connectivity index (χ1v) is 13.4. The van der Waals surface area contributed by atoms with Crippen LogP contribution in [0.1, 0.15) is 58.9 Å². The molecule has 0 radical (unpaired) electrons. The summed E-state index contributed by atoms with van der Waals surface area (Å²) in [5, 5.41) is 3.16. The second kappa shape index (κ2) is 10.9. The summed E-state index contributed by atoms with van der Waals surface area (Å²) < 4.78 is 26.4. The molecular weight excluding hydrogens is 444 g/mol. The molecule has 1 unspecified atom stereocenters. The first-order chi connectivity index (χ1) is 16.0. The largest absolute Gasteiger partial charge is 0.345 e. The van der Waals surface area contributed by atoms with E-state index in [1.807, 2.05) is 74.5 Å². The van der Waals surface area contributed by atoms with Gasteiger partial charge >= 0.3 is 0 Å². The molecular formula is C28H34N2O3S. The fourth-order valence-corrected chi connectivity index (χ4v) is 4.76. The Morgan fingerprint density at radius 2 is 1.56 bits per heavy atom. The third-order valence-corrected chi connectivity index (χ3v) is 7.08. The SMILES string of the molecule is Cc1ccc(N(Cc2ccc(C(=O)NC(CC(C)C)c3ccccc3)cc2)S(C)(=O)=O)cc1C. The molecule has 0 fully saturated rings. The number of carbonyl (C=O) groups excluding carboxylic acids is 1. The van der Waals surface area contributed by atoms with Gasteiger partial charge in [-0.25, -0.2) is 8.42 Å². The molecule has 34 heavy (non-hydrogen) atoms. The van der Waals surface area contributed by atoms with Crippen LogP contribution in [0.15, 0.2) is 72.8 Å². The normalized spacial score (nSPS) is 12.4. The molecule has 6 heteroatoms. The minimum absolute atomic E-state index is 0.0705. The standard InChI is InChI=1S/C28H34N2O3S/c1-20(2)17-27(24-9-7-6-8-10-24)29-28(31)25-14-12-23(13-15-25)19-30(34(5,32)33)26-16-11-21(3)22(4)18-26/h6-16,18,20,27H,17,19H2,1-5H3,(H,29,31). The topological polar surface area (TPSA) is 66.5 Å². The van der Waals surface area contributed by atoms with Crippen LogP contribution in [0.5, 0.6) is 0 Å². The van der Waals surface area contributed by atoms with Crippen molar-refractivity contribution in [2.75, 3.05) is 10.6 Å². The van der Waals surface area contributed by atoms with Crippen molar-refractivity contribution in [1.82, 2.24) is 5.32 Å². The van der Waals surface area contributed by atoms with Crippen molar-refractivity contribution < 1.29 is 13.2 Å². The molecule has 3 aromatic carbocycles. The van der Waals surface area contributed by atoms with Crippen LogP contribution >= 0.6 is 0 Å². The summed E-state index contributed by atoms with van der Waals surface area (Å²) in [7, 11) is -3.48. The van der Waals surface area contributed by atoms with E-state index in [4.69, 9.17) is 0 Å². The van der Waals surface area contributed by atoms with Crippen molar-refractivity contribution in [3.63, 3.8) is 0 Å². The van der Waals surface area contributed by atoms with Gasteiger partial charge in [-0.05, 0) is 72.7 Å². The average Bonchev–Trinajstić information content (AvgIpc) is 2.79. The third kappa shape index (κ3) is 6.70. The van der Waals surface area contributed by atoms with Crippen LogP contribution in [-0.2, 0) is 16.6 Å². The van der Waals surface area contributed by atoms with Crippen LogP contribution < -0.4 is 9.62 Å². The van der Waals surface area contributed by atoms with Gasteiger partial charge in [-0.2, -0.15) is 0 Å². The number of amides is 1. The highest BCUT2D eigenvalue weighted by Gasteiger charge is 2.20. The van der Waals surface area contributed by atoms with E-state index < -0.39 is 10.0 Å². The fraction of sp³-hybridized carbons (Fsp3) is 0.321. The number of nitrogens with one attached hydrogen (secondary N) is 1. The molecule has 0 heterocycles. The second-order valence-corrected chi connectivity index (χ2v) is 11.2. The number of rotatable bonds is 9. The lowest BCUT2D eigenvalue weighted by Crippen LogP contribution is -2.30. The van der Waals surface area contributed by atoms with E-state index in [1.54, 1.807) is 12.1 Å². The van der Waals surface area contributed by atoms with Gasteiger partial charge in [0, 0.05) is 5.56 Å². The van der Waals surface area contributed by atoms with Gasteiger partial charge in [0.1, 0.15) is 0 Å². The highest BCUT2D eigenvalue weighted by Crippen LogP contribution is 2.24. The van der Waals surface area contributed by atoms with E-state index in [0.717, 1.165) is 28.7 Å². The lowest BCUT2D eigenvalue weighted by atomic mass is 9.96. The zero-order valence-corrected chi connectivity index (χ0v) is 21.4. The molecule has 0 aliphatic rings. The van der Waals surface area contributed by atoms with Gasteiger partial charge in [-0.1, -0.05) is 62.4 Å². The van der Waals surface area contributed by atoms with Crippen molar-refractivity contribution in [2.24, 2.45) is 5.92 Å². The van der Waals surface area contributed by atoms with Gasteiger partial charge < -0.3 is 5.32 Å². The van der Waals surface area contributed by atoms with Gasteiger partial charge in [0.25, 0.3) is 5.91 Å². The molecule has 3 rings (SSSR count). The van der Waals surface area contributed by atoms with Gasteiger partial charge in [0.15, 0.2) is 0 Å². The van der Waals surface area contributed by atoms with E-state index in [2.05, 4.69) is 19.2 Å². The van der Waals surface area contributed by atoms with Crippen LogP contribution in [0.2, 0.25) is 0 Å². The van der Waals surface area contributed by atoms with E-state index in [-0.39, 0.29) is 18.5 Å². The Kier molecular flexibility index (Phi) is 8.15. The molecule has 0 aliphatic heterocycles. The molecule has 1 atom stereocenters. The maximum Gasteiger partial charge on any atom is 0.251 e. The summed E-state index contributed by atoms with van der Waals surface area (Å²) in [5.41, 5.74) is 5.21. The molecule has 0 aliphatic carbocycles. The number of carbonyl (C=O) groups is 1. The second-order valence-electron chi connectivity index (χ2n) is 9.30. The minimum Gasteiger partial charge on any atom is -0.345 e. The number of anilines is 1. The maximum absolute atomic E-state index is 13.0. The Morgan fingerprint density at radius 3 is 2.12 bits per heavy atom. The predicted molar refractivity (Wildman–Crippen MR) is 139 cm³/mol. The molecule has 0 bridgehead atoms. The number of nitrogens with zero attached hydrogens (tertiary/aromatic N) is 1. The molecule has 0 saturated heterocycles. The fourth-order valence-electron chi connectivity index (χ4n) is 3.88. The van der Waals surface area contributed by atoms with Crippen molar-refractivity contribution in [3.8, 4) is 0 Å². The Balaban J connectivity index is 1.77. The first kappa shape index (κ1) is 25.5. The Hall–Kier alpha value is -3.12. The van der Waals surface area contributed by atoms with Gasteiger partial charge in [-0.15, -0.1) is 0 Å². The summed E-state index contributed by atoms with van der Waals surface area (Å²) >= 11 is 0. The minimum atomic E-state index is -3.48. The average molecular weight is 479 g/mol. The monoisotopic (exact) mass is 478 g/mol. The summed E-state index contributed by atoms with van der Waals surface area (Å²) in [6, 6.07) is 22.7. The zero-order chi connectivity index (χ0) is 24.9. The molecule has 3 aromatic rings. The number of hydrogen-bond donors (Lipinski definition) is 1. The number of aryl methyl sites for hydroxylation is 2. The molecule has 5 nitrogen and oxygen atoms in total. The number of benzene rings is 3. The van der Waals surface area contributed by atoms with Gasteiger partial charge in [-0.3, -0.25) is 9.10 Å². The number of sulfonamides is 1. The van der Waals surface area contributed by atoms with Crippen LogP contribution in [0.3, 0.4) is 0 Å². The molecule has 1 amide bonds. The zero-order valence-electron chi connectivity index (χ0n) is 20.6. The van der Waals surface area contributed by atoms with E-state index in [0.29, 0.717) is 17.2 Å². The van der Waals surface area contributed by atoms with Crippen molar-refractivity contribution in [2.45, 2.75) is 46.7 Å². The number of hydrogen-bond acceptors (Lipinski definition) is 3. The smallest absolute Gasteiger partial charge is 0.251 e. The van der Waals surface area contributed by atoms with E-state index in [1.165, 1.54) is 10.6 Å². The van der Waals surface area contributed by atoms with Crippen molar-refractivity contribution in [3.05, 3.63) is 101 Å². The summed E-state index contributed by atoms with van der Waals surface area (Å²) in [4.78, 5) is 13.0. The van der Waals surface area contributed by atoms with Gasteiger partial charge in [0.05, 0.1) is 24.5 Å². The van der Waals surface area contributed by atoms with Crippen molar-refractivity contribution >= 4 is 21.6 Å². The summed E-state index contributed by atoms with van der Waals surface area (Å²) in [5.74, 6) is 0.287. The third-order valence-electron chi connectivity index (χ3n) is 5.94. The Bertz CT molecular complexity index is 1220. The van der Waals surface area contributed by atoms with E-state index >= 15 is 0 Å². The lowest BCUT2D eigenvalue weighted by Gasteiger charge is -2.24. The summed E-state index contributed by atoms with van der Waals surface area (Å²) in [6.07, 6.45) is 2.05. The molecule has 0 saturated carbocycles. The van der Waals surface area contributed by atoms with Crippen LogP contribution in [-0.4, -0.2) is 20.6 Å². The first-order valence-electron chi connectivity index (χ1n) is 11.5. The highest BCUT2D eigenvalue weighted by atomic mass is 32.2. The quantitative estimate of drug-likeness (QED) is 0.423. The molecule has 0 aromatic heterocycles. The maximum atomic E-state index is 13.0. The van der Waals surface area contributed by atoms with Crippen LogP contribution in [0, 0.1) is 19.8 Å². The van der Waals surface area contributed by atoms with Gasteiger partial charge in [0.2, 0.25) is 10.0 Å². The predicted octanol–water partition coefficient (Wildman–Crippen LogP) is 5.79. The Labute approximate surface area is 203 Å². The van der Waals surface area contributed by atoms with Crippen LogP contribution in [0.4, 0.5) is 5.69 Å². The lowest BCUT2D eigenvalue weighted by molar-refractivity contribution is 0.0932. The van der Waals surface area contributed by atoms with E-state index in [9.17, 15) is 13.2 Å². The molecule has 180 valence electrons.